The minimum absolute atomic E-state index is 0.804. The molecule has 0 saturated carbocycles. The monoisotopic (exact) mass is 348 g/mol. The van der Waals surface area contributed by atoms with Gasteiger partial charge in [0.2, 0.25) is 0 Å². The third-order valence-corrected chi connectivity index (χ3v) is 4.77. The lowest BCUT2D eigenvalue weighted by atomic mass is 10.1. The maximum atomic E-state index is 4.52. The summed E-state index contributed by atoms with van der Waals surface area (Å²) in [5.41, 5.74) is 1.97. The summed E-state index contributed by atoms with van der Waals surface area (Å²) in [5, 5.41) is 7.45. The Morgan fingerprint density at radius 3 is 2.64 bits per heavy atom. The number of nitrogens with one attached hydrogen (secondary N) is 1. The van der Waals surface area contributed by atoms with Crippen LogP contribution in [0.25, 0.3) is 16.5 Å². The second-order valence-electron chi connectivity index (χ2n) is 6.18. The fourth-order valence-electron chi connectivity index (χ4n) is 3.17. The Morgan fingerprint density at radius 2 is 1.84 bits per heavy atom. The van der Waals surface area contributed by atoms with Crippen LogP contribution in [0.2, 0.25) is 0 Å². The maximum Gasteiger partial charge on any atom is 0.130 e. The van der Waals surface area contributed by atoms with Gasteiger partial charge in [-0.2, -0.15) is 0 Å². The summed E-state index contributed by atoms with van der Waals surface area (Å²) in [6.45, 7) is 2.16. The first kappa shape index (κ1) is 16.0. The molecule has 1 fully saturated rings. The minimum atomic E-state index is 0.804. The zero-order valence-electron chi connectivity index (χ0n) is 13.9. The Kier molecular flexibility index (Phi) is 4.57. The van der Waals surface area contributed by atoms with Gasteiger partial charge < -0.3 is 10.2 Å². The van der Waals surface area contributed by atoms with Gasteiger partial charge in [-0.3, -0.25) is 0 Å². The van der Waals surface area contributed by atoms with E-state index in [9.17, 15) is 0 Å². The van der Waals surface area contributed by atoms with Crippen LogP contribution in [0.4, 0.5) is 11.6 Å². The van der Waals surface area contributed by atoms with E-state index in [-0.39, 0.29) is 0 Å². The number of thiol groups is 1. The number of nitrogens with zero attached hydrogens (tertiary/aromatic N) is 3. The standard InChI is InChI=1S/C20H20N4S/c25-14-18(16-7-8-21-20(12-16)24-9-3-4-10-24)23-19-11-15-5-1-2-6-17(15)13-22-19/h1-2,5-8,11-14,25H,3-4,9-10H2,(H,22,23)/b18-14-. The summed E-state index contributed by atoms with van der Waals surface area (Å²) in [4.78, 5) is 11.4. The zero-order valence-corrected chi connectivity index (χ0v) is 14.8. The molecule has 1 N–H and O–H groups in total. The molecular formula is C20H20N4S. The lowest BCUT2D eigenvalue weighted by molar-refractivity contribution is 0.937. The second kappa shape index (κ2) is 7.15. The number of anilines is 2. The van der Waals surface area contributed by atoms with Crippen LogP contribution in [-0.4, -0.2) is 23.1 Å². The van der Waals surface area contributed by atoms with Gasteiger partial charge in [0.25, 0.3) is 0 Å². The summed E-state index contributed by atoms with van der Waals surface area (Å²) < 4.78 is 0. The molecule has 0 unspecified atom stereocenters. The third-order valence-electron chi connectivity index (χ3n) is 4.51. The van der Waals surface area contributed by atoms with E-state index >= 15 is 0 Å². The normalized spacial score (nSPS) is 14.9. The highest BCUT2D eigenvalue weighted by Gasteiger charge is 2.14. The van der Waals surface area contributed by atoms with E-state index in [2.05, 4.69) is 57.1 Å². The largest absolute Gasteiger partial charge is 0.357 e. The highest BCUT2D eigenvalue weighted by Crippen LogP contribution is 2.25. The molecule has 126 valence electrons. The third kappa shape index (κ3) is 3.46. The highest BCUT2D eigenvalue weighted by atomic mass is 32.1. The molecule has 0 bridgehead atoms. The van der Waals surface area contributed by atoms with Gasteiger partial charge in [-0.05, 0) is 41.8 Å². The predicted octanol–water partition coefficient (Wildman–Crippen LogP) is 4.57. The van der Waals surface area contributed by atoms with Crippen LogP contribution in [-0.2, 0) is 0 Å². The van der Waals surface area contributed by atoms with Gasteiger partial charge in [-0.1, -0.05) is 24.3 Å². The fourth-order valence-corrected chi connectivity index (χ4v) is 3.39. The molecule has 4 nitrogen and oxygen atoms in total. The summed E-state index contributed by atoms with van der Waals surface area (Å²) in [6, 6.07) is 14.4. The van der Waals surface area contributed by atoms with E-state index in [0.717, 1.165) is 46.8 Å². The van der Waals surface area contributed by atoms with Crippen molar-refractivity contribution in [1.82, 2.24) is 9.97 Å². The Balaban J connectivity index is 1.60. The number of hydrogen-bond acceptors (Lipinski definition) is 5. The quantitative estimate of drug-likeness (QED) is 0.678. The number of hydrogen-bond donors (Lipinski definition) is 2. The smallest absolute Gasteiger partial charge is 0.130 e. The second-order valence-corrected chi connectivity index (χ2v) is 6.44. The lowest BCUT2D eigenvalue weighted by Gasteiger charge is -2.18. The molecule has 1 aliphatic rings. The Bertz CT molecular complexity index is 916. The topological polar surface area (TPSA) is 41.1 Å². The molecule has 4 rings (SSSR count). The fraction of sp³-hybridized carbons (Fsp3) is 0.200. The molecule has 3 heterocycles. The van der Waals surface area contributed by atoms with Gasteiger partial charge in [0.1, 0.15) is 11.6 Å². The van der Waals surface area contributed by atoms with Crippen LogP contribution in [0, 0.1) is 0 Å². The number of fused-ring (bicyclic) bond motifs is 1. The SMILES string of the molecule is S/C=C(\Nc1cc2ccccc2cn1)c1ccnc(N2CCCC2)c1. The molecule has 0 aliphatic carbocycles. The van der Waals surface area contributed by atoms with Crippen LogP contribution in [0.15, 0.2) is 60.3 Å². The summed E-state index contributed by atoms with van der Waals surface area (Å²) in [7, 11) is 0. The Hall–Kier alpha value is -2.53. The lowest BCUT2D eigenvalue weighted by Crippen LogP contribution is -2.19. The summed E-state index contributed by atoms with van der Waals surface area (Å²) in [5.74, 6) is 1.83. The summed E-state index contributed by atoms with van der Waals surface area (Å²) >= 11 is 4.39. The molecule has 2 aromatic heterocycles. The van der Waals surface area contributed by atoms with Gasteiger partial charge in [-0.15, -0.1) is 12.6 Å². The van der Waals surface area contributed by atoms with E-state index in [1.807, 2.05) is 30.6 Å². The van der Waals surface area contributed by atoms with Crippen molar-refractivity contribution in [1.29, 1.82) is 0 Å². The van der Waals surface area contributed by atoms with Gasteiger partial charge in [0.05, 0.1) is 5.70 Å². The number of benzene rings is 1. The van der Waals surface area contributed by atoms with E-state index in [0.29, 0.717) is 0 Å². The number of rotatable bonds is 4. The zero-order chi connectivity index (χ0) is 17.1. The van der Waals surface area contributed by atoms with Crippen molar-refractivity contribution in [2.24, 2.45) is 0 Å². The first-order valence-electron chi connectivity index (χ1n) is 8.51. The molecule has 25 heavy (non-hydrogen) atoms. The first-order chi connectivity index (χ1) is 12.3. The van der Waals surface area contributed by atoms with Crippen molar-refractivity contribution in [2.45, 2.75) is 12.8 Å². The Labute approximate surface area is 153 Å². The van der Waals surface area contributed by atoms with Crippen LogP contribution < -0.4 is 10.2 Å². The molecule has 5 heteroatoms. The van der Waals surface area contributed by atoms with Crippen molar-refractivity contribution >= 4 is 40.7 Å². The van der Waals surface area contributed by atoms with E-state index in [1.54, 1.807) is 5.41 Å². The average molecular weight is 348 g/mol. The van der Waals surface area contributed by atoms with Crippen molar-refractivity contribution in [3.8, 4) is 0 Å². The molecule has 3 aromatic rings. The van der Waals surface area contributed by atoms with Gasteiger partial charge >= 0.3 is 0 Å². The van der Waals surface area contributed by atoms with Crippen molar-refractivity contribution < 1.29 is 0 Å². The van der Waals surface area contributed by atoms with Crippen molar-refractivity contribution in [3.63, 3.8) is 0 Å². The van der Waals surface area contributed by atoms with Gasteiger partial charge in [0.15, 0.2) is 0 Å². The van der Waals surface area contributed by atoms with Crippen LogP contribution in [0.5, 0.6) is 0 Å². The van der Waals surface area contributed by atoms with E-state index in [4.69, 9.17) is 0 Å². The first-order valence-corrected chi connectivity index (χ1v) is 9.03. The van der Waals surface area contributed by atoms with E-state index < -0.39 is 0 Å². The van der Waals surface area contributed by atoms with Gasteiger partial charge in [0, 0.05) is 36.4 Å². The van der Waals surface area contributed by atoms with Gasteiger partial charge in [-0.25, -0.2) is 9.97 Å². The van der Waals surface area contributed by atoms with Crippen molar-refractivity contribution in [2.75, 3.05) is 23.3 Å². The molecule has 0 amide bonds. The number of aromatic nitrogens is 2. The van der Waals surface area contributed by atoms with Crippen LogP contribution in [0.3, 0.4) is 0 Å². The molecular weight excluding hydrogens is 328 g/mol. The number of pyridine rings is 2. The molecule has 0 radical (unpaired) electrons. The molecule has 0 spiro atoms. The molecule has 1 aliphatic heterocycles. The van der Waals surface area contributed by atoms with Crippen LogP contribution >= 0.6 is 12.6 Å². The average Bonchev–Trinajstić information content (AvgIpc) is 3.21. The Morgan fingerprint density at radius 1 is 1.04 bits per heavy atom. The summed E-state index contributed by atoms with van der Waals surface area (Å²) in [6.07, 6.45) is 6.21. The van der Waals surface area contributed by atoms with E-state index in [1.165, 1.54) is 12.8 Å². The maximum absolute atomic E-state index is 4.52. The van der Waals surface area contributed by atoms with Crippen LogP contribution in [0.1, 0.15) is 18.4 Å². The predicted molar refractivity (Wildman–Crippen MR) is 108 cm³/mol. The molecule has 1 saturated heterocycles. The molecule has 1 aromatic carbocycles. The van der Waals surface area contributed by atoms with Crippen molar-refractivity contribution in [3.05, 3.63) is 65.8 Å². The molecule has 0 atom stereocenters. The highest BCUT2D eigenvalue weighted by molar-refractivity contribution is 7.83. The minimum Gasteiger partial charge on any atom is -0.357 e.